The van der Waals surface area contributed by atoms with Crippen LogP contribution in [0.2, 0.25) is 0 Å². The van der Waals surface area contributed by atoms with Crippen LogP contribution in [0.5, 0.6) is 0 Å². The molecule has 1 heterocycles. The van der Waals surface area contributed by atoms with Crippen LogP contribution >= 0.6 is 0 Å². The summed E-state index contributed by atoms with van der Waals surface area (Å²) in [5.41, 5.74) is 13.7. The summed E-state index contributed by atoms with van der Waals surface area (Å²) in [5, 5.41) is 0. The molecule has 0 amide bonds. The van der Waals surface area contributed by atoms with E-state index in [4.69, 9.17) is 8.27 Å². The topological polar surface area (TPSA) is 51.8 Å². The lowest BCUT2D eigenvalue weighted by atomic mass is 10.1. The summed E-state index contributed by atoms with van der Waals surface area (Å²) in [4.78, 5) is 9.10. The molecule has 4 aromatic rings. The first-order valence-corrected chi connectivity index (χ1v) is 12.0. The molecule has 0 aromatic heterocycles. The third-order valence-corrected chi connectivity index (χ3v) is 5.73. The standard InChI is InChI=1S/C16H17N.C14H13N.C2H4N2/c1-12-8-6-7-11-15(12)17-13(2)16(17)14-9-4-3-5-10-14;1-12-7-5-6-10-14(12)15-11-13-8-3-2-4-9-13;1-2-4-3/h3-11,13,16H,1-2H3;2-11H,1H3;2H,1H3/t13-,16-,17?;;/m0../s1/i16D;11D;. The van der Waals surface area contributed by atoms with E-state index in [2.05, 4.69) is 40.7 Å². The molecule has 1 saturated heterocycles. The van der Waals surface area contributed by atoms with E-state index in [-0.39, 0.29) is 6.04 Å². The van der Waals surface area contributed by atoms with E-state index in [1.165, 1.54) is 17.5 Å². The summed E-state index contributed by atoms with van der Waals surface area (Å²) in [6.45, 7) is 7.86. The van der Waals surface area contributed by atoms with Gasteiger partial charge in [0.1, 0.15) is 0 Å². The third-order valence-electron chi connectivity index (χ3n) is 5.73. The summed E-state index contributed by atoms with van der Waals surface area (Å²) >= 11 is 0. The first-order chi connectivity index (χ1) is 18.3. The Morgan fingerprint density at radius 2 is 1.36 bits per heavy atom. The molecule has 0 unspecified atom stereocenters. The molecule has 2 atom stereocenters. The molecule has 1 aliphatic rings. The Bertz CT molecular complexity index is 1400. The second kappa shape index (κ2) is 13.6. The minimum Gasteiger partial charge on any atom is -0.362 e. The fraction of sp³-hybridized carbons (Fsp3) is 0.188. The molecule has 5 rings (SSSR count). The van der Waals surface area contributed by atoms with Crippen molar-refractivity contribution in [2.75, 3.05) is 4.90 Å². The highest BCUT2D eigenvalue weighted by Crippen LogP contribution is 2.47. The number of nitrogens with zero attached hydrogens (tertiary/aromatic N) is 4. The van der Waals surface area contributed by atoms with Crippen molar-refractivity contribution < 1.29 is 7.53 Å². The molecule has 0 bridgehead atoms. The largest absolute Gasteiger partial charge is 0.362 e. The molecule has 4 nitrogen and oxygen atoms in total. The highest BCUT2D eigenvalue weighted by molar-refractivity contribution is 5.82. The number of benzene rings is 4. The van der Waals surface area contributed by atoms with E-state index in [1.807, 2.05) is 104 Å². The maximum atomic E-state index is 8.71. The maximum absolute atomic E-state index is 8.71. The number of aryl methyl sites for hydroxylation is 2. The average Bonchev–Trinajstić information content (AvgIpc) is 3.52. The van der Waals surface area contributed by atoms with E-state index in [0.717, 1.165) is 22.4 Å². The van der Waals surface area contributed by atoms with E-state index >= 15 is 0 Å². The van der Waals surface area contributed by atoms with Crippen molar-refractivity contribution in [1.29, 1.82) is 0 Å². The fourth-order valence-corrected chi connectivity index (χ4v) is 3.78. The van der Waals surface area contributed by atoms with Gasteiger partial charge in [-0.2, -0.15) is 4.79 Å². The summed E-state index contributed by atoms with van der Waals surface area (Å²) in [6.07, 6.45) is 1.61. The highest BCUT2D eigenvalue weighted by atomic mass is 15.3. The van der Waals surface area contributed by atoms with E-state index in [0.29, 0.717) is 6.19 Å². The maximum Gasteiger partial charge on any atom is 0.254 e. The van der Waals surface area contributed by atoms with E-state index in [1.54, 1.807) is 6.92 Å². The second-order valence-electron chi connectivity index (χ2n) is 8.33. The van der Waals surface area contributed by atoms with Gasteiger partial charge in [-0.3, -0.25) is 4.99 Å². The molecule has 36 heavy (non-hydrogen) atoms. The van der Waals surface area contributed by atoms with Crippen LogP contribution in [0, 0.1) is 13.8 Å². The van der Waals surface area contributed by atoms with Crippen molar-refractivity contribution in [2.24, 2.45) is 4.99 Å². The molecule has 4 heteroatoms. The quantitative estimate of drug-likeness (QED) is 0.127. The van der Waals surface area contributed by atoms with Crippen LogP contribution in [0.25, 0.3) is 5.53 Å². The van der Waals surface area contributed by atoms with Gasteiger partial charge in [-0.05, 0) is 55.2 Å². The predicted octanol–water partition coefficient (Wildman–Crippen LogP) is 8.00. The van der Waals surface area contributed by atoms with Crippen molar-refractivity contribution in [3.05, 3.63) is 137 Å². The summed E-state index contributed by atoms with van der Waals surface area (Å²) in [7, 11) is 0. The molecule has 0 radical (unpaired) electrons. The Morgan fingerprint density at radius 3 is 1.94 bits per heavy atom. The molecular formula is C32H34N4. The Morgan fingerprint density at radius 1 is 0.833 bits per heavy atom. The molecule has 1 aliphatic heterocycles. The van der Waals surface area contributed by atoms with Gasteiger partial charge in [0.2, 0.25) is 0 Å². The van der Waals surface area contributed by atoms with Gasteiger partial charge < -0.3 is 10.4 Å². The number of rotatable bonds is 4. The fourth-order valence-electron chi connectivity index (χ4n) is 3.78. The molecule has 0 saturated carbocycles. The summed E-state index contributed by atoms with van der Waals surface area (Å²) < 4.78 is 16.6. The van der Waals surface area contributed by atoms with Gasteiger partial charge in [0.25, 0.3) is 6.21 Å². The summed E-state index contributed by atoms with van der Waals surface area (Å²) in [6, 6.07) is 35.4. The zero-order valence-electron chi connectivity index (χ0n) is 23.3. The Hall–Kier alpha value is -4.27. The molecule has 182 valence electrons. The molecule has 0 spiro atoms. The van der Waals surface area contributed by atoms with Crippen LogP contribution in [0.1, 0.15) is 44.9 Å². The van der Waals surface area contributed by atoms with Crippen molar-refractivity contribution in [3.8, 4) is 0 Å². The van der Waals surface area contributed by atoms with Gasteiger partial charge in [-0.15, -0.1) is 0 Å². The van der Waals surface area contributed by atoms with Gasteiger partial charge in [0.05, 0.1) is 20.5 Å². The lowest BCUT2D eigenvalue weighted by molar-refractivity contribution is 0.00297. The lowest BCUT2D eigenvalue weighted by Gasteiger charge is -2.09. The van der Waals surface area contributed by atoms with Crippen molar-refractivity contribution in [3.63, 3.8) is 0 Å². The lowest BCUT2D eigenvalue weighted by Crippen LogP contribution is -1.98. The Labute approximate surface area is 218 Å². The summed E-state index contributed by atoms with van der Waals surface area (Å²) in [5.74, 6) is 0. The number of para-hydroxylation sites is 2. The van der Waals surface area contributed by atoms with Crippen LogP contribution in [0.4, 0.5) is 11.4 Å². The van der Waals surface area contributed by atoms with Gasteiger partial charge >= 0.3 is 0 Å². The Kier molecular flexibility index (Phi) is 8.85. The smallest absolute Gasteiger partial charge is 0.254 e. The first kappa shape index (κ1) is 23.5. The second-order valence-corrected chi connectivity index (χ2v) is 8.33. The number of aliphatic imine (C=N–C) groups is 1. The minimum atomic E-state index is -0.604. The normalized spacial score (nSPS) is 18.7. The number of hydrogen-bond donors (Lipinski definition) is 0. The van der Waals surface area contributed by atoms with Gasteiger partial charge in [-0.1, -0.05) is 97.1 Å². The molecular weight excluding hydrogens is 440 g/mol. The SMILES string of the molecule is CC=[N+]=[N-].[2H]C(=Nc1ccccc1C)c1ccccc1.[2H][C@@]1(c2ccccc2)[C@H](C)N1c1ccccc1C. The first-order valence-electron chi connectivity index (χ1n) is 13.0. The molecule has 0 N–H and O–H groups in total. The van der Waals surface area contributed by atoms with Crippen LogP contribution in [0.3, 0.4) is 0 Å². The highest BCUT2D eigenvalue weighted by Gasteiger charge is 2.45. The Balaban J connectivity index is 0.000000186. The molecule has 1 fully saturated rings. The van der Waals surface area contributed by atoms with Crippen LogP contribution < -0.4 is 4.90 Å². The van der Waals surface area contributed by atoms with E-state index < -0.39 is 6.02 Å². The average molecular weight is 477 g/mol. The van der Waals surface area contributed by atoms with Crippen LogP contribution in [-0.2, 0) is 0 Å². The number of anilines is 1. The van der Waals surface area contributed by atoms with E-state index in [9.17, 15) is 0 Å². The van der Waals surface area contributed by atoms with Crippen molar-refractivity contribution in [1.82, 2.24) is 0 Å². The van der Waals surface area contributed by atoms with Crippen LogP contribution in [0.15, 0.2) is 114 Å². The molecule has 4 aromatic carbocycles. The monoisotopic (exact) mass is 476 g/mol. The zero-order valence-corrected chi connectivity index (χ0v) is 21.3. The third kappa shape index (κ3) is 7.36. The van der Waals surface area contributed by atoms with Crippen molar-refractivity contribution >= 4 is 23.8 Å². The minimum absolute atomic E-state index is 0.223. The van der Waals surface area contributed by atoms with Gasteiger partial charge in [0.15, 0.2) is 0 Å². The predicted molar refractivity (Wildman–Crippen MR) is 153 cm³/mol. The zero-order chi connectivity index (χ0) is 27.5. The van der Waals surface area contributed by atoms with Gasteiger partial charge in [0, 0.05) is 18.8 Å². The van der Waals surface area contributed by atoms with Gasteiger partial charge in [-0.25, -0.2) is 0 Å². The number of hydrogen-bond acceptors (Lipinski definition) is 2. The van der Waals surface area contributed by atoms with Crippen molar-refractivity contribution in [2.45, 2.75) is 39.8 Å². The molecule has 0 aliphatic carbocycles. The van der Waals surface area contributed by atoms with Crippen LogP contribution in [-0.4, -0.2) is 23.2 Å².